The molecule has 1 spiro atoms. The average Bonchev–Trinajstić information content (AvgIpc) is 3.64. The molecule has 252 valence electrons. The van der Waals surface area contributed by atoms with Gasteiger partial charge in [0.25, 0.3) is 0 Å². The van der Waals surface area contributed by atoms with E-state index in [2.05, 4.69) is 196 Å². The third-order valence-corrected chi connectivity index (χ3v) is 12.5. The summed E-state index contributed by atoms with van der Waals surface area (Å²) in [4.78, 5) is 2.48. The van der Waals surface area contributed by atoms with E-state index in [0.717, 1.165) is 11.4 Å². The van der Waals surface area contributed by atoms with Crippen LogP contribution in [0, 0.1) is 0 Å². The molecule has 0 N–H and O–H groups in total. The zero-order valence-electron chi connectivity index (χ0n) is 30.4. The van der Waals surface area contributed by atoms with Crippen molar-refractivity contribution in [3.05, 3.63) is 197 Å². The molecule has 1 nitrogen and oxygen atoms in total. The number of para-hydroxylation sites is 2. The van der Waals surface area contributed by atoms with Crippen LogP contribution in [0.15, 0.2) is 164 Å². The van der Waals surface area contributed by atoms with Gasteiger partial charge in [-0.1, -0.05) is 155 Å². The van der Waals surface area contributed by atoms with Crippen molar-refractivity contribution in [2.75, 3.05) is 4.90 Å². The van der Waals surface area contributed by atoms with Crippen molar-refractivity contribution in [1.82, 2.24) is 0 Å². The van der Waals surface area contributed by atoms with Gasteiger partial charge in [-0.3, -0.25) is 0 Å². The summed E-state index contributed by atoms with van der Waals surface area (Å²) >= 11 is 0. The van der Waals surface area contributed by atoms with Crippen LogP contribution in [0.1, 0.15) is 73.9 Å². The Labute approximate surface area is 308 Å². The highest BCUT2D eigenvalue weighted by Gasteiger charge is 2.52. The molecule has 0 unspecified atom stereocenters. The maximum absolute atomic E-state index is 2.55. The molecule has 52 heavy (non-hydrogen) atoms. The Balaban J connectivity index is 1.34. The SMILES string of the molecule is CC1(C)CCC(C)(C)c2cc(-c3cc4c(cc3N(c3ccccc3)c3ccccc3)C3(c5ccccc5-c5ccccc53)c3ccccc3-4)ccc21. The molecule has 0 radical (unpaired) electrons. The molecule has 10 rings (SSSR count). The molecule has 0 aromatic heterocycles. The molecule has 0 fully saturated rings. The molecule has 7 aromatic rings. The van der Waals surface area contributed by atoms with Crippen molar-refractivity contribution in [1.29, 1.82) is 0 Å². The summed E-state index contributed by atoms with van der Waals surface area (Å²) in [5.41, 5.74) is 19.5. The Hall–Kier alpha value is -5.66. The van der Waals surface area contributed by atoms with Crippen LogP contribution in [0.3, 0.4) is 0 Å². The summed E-state index contributed by atoms with van der Waals surface area (Å²) in [6.07, 6.45) is 2.39. The molecule has 1 heteroatoms. The van der Waals surface area contributed by atoms with E-state index >= 15 is 0 Å². The highest BCUT2D eigenvalue weighted by Crippen LogP contribution is 2.64. The molecular weight excluding hydrogens is 627 g/mol. The van der Waals surface area contributed by atoms with Gasteiger partial charge >= 0.3 is 0 Å². The molecule has 0 amide bonds. The largest absolute Gasteiger partial charge is 0.310 e. The van der Waals surface area contributed by atoms with Crippen LogP contribution < -0.4 is 4.90 Å². The predicted molar refractivity (Wildman–Crippen MR) is 218 cm³/mol. The van der Waals surface area contributed by atoms with E-state index in [1.54, 1.807) is 0 Å². The van der Waals surface area contributed by atoms with Crippen LogP contribution in [-0.4, -0.2) is 0 Å². The van der Waals surface area contributed by atoms with Crippen molar-refractivity contribution in [2.24, 2.45) is 0 Å². The van der Waals surface area contributed by atoms with E-state index in [4.69, 9.17) is 0 Å². The molecule has 0 saturated heterocycles. The number of hydrogen-bond donors (Lipinski definition) is 0. The van der Waals surface area contributed by atoms with E-state index in [0.29, 0.717) is 0 Å². The highest BCUT2D eigenvalue weighted by atomic mass is 15.1. The Kier molecular flexibility index (Phi) is 6.68. The number of hydrogen-bond acceptors (Lipinski definition) is 1. The molecule has 0 atom stereocenters. The van der Waals surface area contributed by atoms with E-state index in [-0.39, 0.29) is 10.8 Å². The zero-order chi connectivity index (χ0) is 35.2. The van der Waals surface area contributed by atoms with Gasteiger partial charge in [0.1, 0.15) is 0 Å². The average molecular weight is 670 g/mol. The monoisotopic (exact) mass is 669 g/mol. The fourth-order valence-electron chi connectivity index (χ4n) is 9.88. The van der Waals surface area contributed by atoms with Crippen LogP contribution in [0.4, 0.5) is 17.1 Å². The number of fused-ring (bicyclic) bond motifs is 11. The normalized spacial score (nSPS) is 16.4. The fourth-order valence-corrected chi connectivity index (χ4v) is 9.88. The van der Waals surface area contributed by atoms with Crippen LogP contribution in [0.5, 0.6) is 0 Å². The summed E-state index contributed by atoms with van der Waals surface area (Å²) in [7, 11) is 0. The minimum Gasteiger partial charge on any atom is -0.310 e. The molecule has 0 bridgehead atoms. The van der Waals surface area contributed by atoms with Gasteiger partial charge in [-0.15, -0.1) is 0 Å². The van der Waals surface area contributed by atoms with Gasteiger partial charge in [-0.2, -0.15) is 0 Å². The fraction of sp³-hybridized carbons (Fsp3) is 0.176. The van der Waals surface area contributed by atoms with Gasteiger partial charge in [-0.05, 0) is 121 Å². The van der Waals surface area contributed by atoms with E-state index < -0.39 is 5.41 Å². The smallest absolute Gasteiger partial charge is 0.0726 e. The molecule has 7 aromatic carbocycles. The van der Waals surface area contributed by atoms with Crippen LogP contribution in [0.25, 0.3) is 33.4 Å². The molecule has 3 aliphatic carbocycles. The molecule has 3 aliphatic rings. The second-order valence-electron chi connectivity index (χ2n) is 16.3. The van der Waals surface area contributed by atoms with Crippen molar-refractivity contribution >= 4 is 17.1 Å². The lowest BCUT2D eigenvalue weighted by molar-refractivity contribution is 0.332. The number of rotatable bonds is 4. The second-order valence-corrected chi connectivity index (χ2v) is 16.3. The Bertz CT molecular complexity index is 2430. The molecule has 0 aliphatic heterocycles. The first-order valence-corrected chi connectivity index (χ1v) is 18.8. The first kappa shape index (κ1) is 31.1. The molecule has 0 saturated carbocycles. The van der Waals surface area contributed by atoms with Crippen LogP contribution in [0.2, 0.25) is 0 Å². The number of anilines is 3. The van der Waals surface area contributed by atoms with Gasteiger partial charge in [0.05, 0.1) is 11.1 Å². The Morgan fingerprint density at radius 3 is 1.37 bits per heavy atom. The highest BCUT2D eigenvalue weighted by molar-refractivity contribution is 6.00. The summed E-state index contributed by atoms with van der Waals surface area (Å²) < 4.78 is 0. The summed E-state index contributed by atoms with van der Waals surface area (Å²) in [6, 6.07) is 61.6. The lowest BCUT2D eigenvalue weighted by atomic mass is 9.63. The van der Waals surface area contributed by atoms with Crippen molar-refractivity contribution in [3.63, 3.8) is 0 Å². The Morgan fingerprint density at radius 2 is 0.827 bits per heavy atom. The van der Waals surface area contributed by atoms with Gasteiger partial charge < -0.3 is 4.90 Å². The third-order valence-electron chi connectivity index (χ3n) is 12.5. The zero-order valence-corrected chi connectivity index (χ0v) is 30.4. The number of nitrogens with zero attached hydrogens (tertiary/aromatic N) is 1. The maximum atomic E-state index is 2.55. The van der Waals surface area contributed by atoms with Gasteiger partial charge in [0, 0.05) is 16.9 Å². The Morgan fingerprint density at radius 1 is 0.365 bits per heavy atom. The van der Waals surface area contributed by atoms with Crippen LogP contribution in [-0.2, 0) is 16.2 Å². The summed E-state index contributed by atoms with van der Waals surface area (Å²) in [5, 5.41) is 0. The van der Waals surface area contributed by atoms with Crippen molar-refractivity contribution in [3.8, 4) is 33.4 Å². The third kappa shape index (κ3) is 4.29. The topological polar surface area (TPSA) is 3.24 Å². The number of benzene rings is 7. The first-order valence-electron chi connectivity index (χ1n) is 18.8. The molecule has 0 heterocycles. The lowest BCUT2D eigenvalue weighted by Gasteiger charge is -2.42. The summed E-state index contributed by atoms with van der Waals surface area (Å²) in [6.45, 7) is 9.71. The van der Waals surface area contributed by atoms with Gasteiger partial charge in [-0.25, -0.2) is 0 Å². The van der Waals surface area contributed by atoms with E-state index in [1.165, 1.54) is 85.3 Å². The minimum absolute atomic E-state index is 0.101. The second kappa shape index (κ2) is 11.2. The predicted octanol–water partition coefficient (Wildman–Crippen LogP) is 13.5. The van der Waals surface area contributed by atoms with Crippen LogP contribution >= 0.6 is 0 Å². The lowest BCUT2D eigenvalue weighted by Crippen LogP contribution is -2.33. The van der Waals surface area contributed by atoms with Gasteiger partial charge in [0.15, 0.2) is 0 Å². The molecular formula is C51H43N. The van der Waals surface area contributed by atoms with Gasteiger partial charge in [0.2, 0.25) is 0 Å². The van der Waals surface area contributed by atoms with Crippen molar-refractivity contribution in [2.45, 2.75) is 56.8 Å². The van der Waals surface area contributed by atoms with E-state index in [1.807, 2.05) is 0 Å². The maximum Gasteiger partial charge on any atom is 0.0726 e. The minimum atomic E-state index is -0.423. The van der Waals surface area contributed by atoms with Crippen molar-refractivity contribution < 1.29 is 0 Å². The quantitative estimate of drug-likeness (QED) is 0.180. The standard InChI is InChI=1S/C51H43N/c1-49(2)29-30-50(3,4)47-31-34(27-28-45(47)49)40-32-41-39-23-13-16-26-44(39)51(42-24-14-11-21-37(42)38-22-12-15-25-43(38)51)46(41)33-48(40)52(35-17-7-5-8-18-35)36-19-9-6-10-20-36/h5-28,31-33H,29-30H2,1-4H3. The van der Waals surface area contributed by atoms with E-state index in [9.17, 15) is 0 Å². The summed E-state index contributed by atoms with van der Waals surface area (Å²) in [5.74, 6) is 0. The first-order chi connectivity index (χ1) is 25.3.